The van der Waals surface area contributed by atoms with Crippen molar-refractivity contribution in [2.75, 3.05) is 45.0 Å². The molecule has 0 saturated heterocycles. The number of carbonyl (C=O) groups excluding carboxylic acids is 1. The average molecular weight is 365 g/mol. The molecule has 0 spiro atoms. The molecule has 23 heavy (non-hydrogen) atoms. The lowest BCUT2D eigenvalue weighted by Crippen LogP contribution is -2.24. The Morgan fingerprint density at radius 1 is 1.13 bits per heavy atom. The summed E-state index contributed by atoms with van der Waals surface area (Å²) in [6.07, 6.45) is 2.09. The van der Waals surface area contributed by atoms with Crippen LogP contribution in [0.2, 0.25) is 0 Å². The first kappa shape index (κ1) is 24.7. The first-order chi connectivity index (χ1) is 11.3. The molecule has 0 atom stereocenters. The number of amides is 1. The fraction of sp³-hybridized carbons (Fsp3) is 0.812. The van der Waals surface area contributed by atoms with Crippen LogP contribution >= 0.6 is 21.6 Å². The fourth-order valence-electron chi connectivity index (χ4n) is 1.16. The molecule has 2 N–H and O–H groups in total. The van der Waals surface area contributed by atoms with Crippen molar-refractivity contribution in [2.45, 2.75) is 40.0 Å². The van der Waals surface area contributed by atoms with Crippen molar-refractivity contribution in [2.24, 2.45) is 0 Å². The lowest BCUT2D eigenvalue weighted by Gasteiger charge is -2.05. The van der Waals surface area contributed by atoms with E-state index in [-0.39, 0.29) is 0 Å². The predicted molar refractivity (Wildman–Crippen MR) is 103 cm³/mol. The highest BCUT2D eigenvalue weighted by Gasteiger charge is 1.99. The van der Waals surface area contributed by atoms with Crippen LogP contribution in [0, 0.1) is 11.8 Å². The van der Waals surface area contributed by atoms with Crippen LogP contribution in [-0.2, 0) is 9.47 Å². The van der Waals surface area contributed by atoms with E-state index < -0.39 is 6.09 Å². The molecule has 0 saturated carbocycles. The first-order valence-corrected chi connectivity index (χ1v) is 10.6. The minimum atomic E-state index is -0.405. The summed E-state index contributed by atoms with van der Waals surface area (Å²) >= 11 is 0. The molecular formula is C16H32N2O3S2. The molecular weight excluding hydrogens is 332 g/mol. The smallest absolute Gasteiger partial charge is 0.407 e. The first-order valence-electron chi connectivity index (χ1n) is 8.14. The third-order valence-electron chi connectivity index (χ3n) is 2.19. The van der Waals surface area contributed by atoms with E-state index in [0.717, 1.165) is 31.6 Å². The monoisotopic (exact) mass is 364 g/mol. The van der Waals surface area contributed by atoms with Gasteiger partial charge in [-0.3, -0.25) is 0 Å². The average Bonchev–Trinajstić information content (AvgIpc) is 2.58. The Hall–Kier alpha value is -0.550. The van der Waals surface area contributed by atoms with Crippen molar-refractivity contribution in [1.82, 2.24) is 10.6 Å². The number of rotatable bonds is 12. The maximum Gasteiger partial charge on any atom is 0.407 e. The molecule has 1 amide bonds. The van der Waals surface area contributed by atoms with E-state index in [0.29, 0.717) is 25.7 Å². The summed E-state index contributed by atoms with van der Waals surface area (Å²) in [5.41, 5.74) is 0. The van der Waals surface area contributed by atoms with Crippen LogP contribution in [0.15, 0.2) is 0 Å². The maximum atomic E-state index is 11.2. The van der Waals surface area contributed by atoms with Crippen molar-refractivity contribution in [3.63, 3.8) is 0 Å². The van der Waals surface area contributed by atoms with E-state index in [2.05, 4.69) is 22.5 Å². The third-order valence-corrected chi connectivity index (χ3v) is 4.28. The van der Waals surface area contributed by atoms with Gasteiger partial charge in [-0.15, -0.1) is 5.92 Å². The van der Waals surface area contributed by atoms with Crippen molar-refractivity contribution >= 4 is 27.7 Å². The molecule has 0 radical (unpaired) electrons. The summed E-state index contributed by atoms with van der Waals surface area (Å²) in [5.74, 6) is 7.47. The molecule has 0 aromatic carbocycles. The van der Waals surface area contributed by atoms with E-state index in [9.17, 15) is 4.79 Å². The number of alkyl carbamates (subject to hydrolysis) is 1. The van der Waals surface area contributed by atoms with Crippen LogP contribution in [0.1, 0.15) is 40.0 Å². The zero-order valence-corrected chi connectivity index (χ0v) is 16.5. The van der Waals surface area contributed by atoms with Crippen molar-refractivity contribution in [3.05, 3.63) is 0 Å². The van der Waals surface area contributed by atoms with Gasteiger partial charge in [0.1, 0.15) is 5.94 Å². The van der Waals surface area contributed by atoms with Gasteiger partial charge in [0.05, 0.1) is 13.2 Å². The van der Waals surface area contributed by atoms with Gasteiger partial charge in [-0.05, 0) is 19.9 Å². The van der Waals surface area contributed by atoms with E-state index in [1.165, 1.54) is 0 Å². The van der Waals surface area contributed by atoms with Gasteiger partial charge in [-0.1, -0.05) is 48.3 Å². The summed E-state index contributed by atoms with van der Waals surface area (Å²) in [6.45, 7) is 8.44. The Bertz CT molecular complexity index is 307. The molecule has 0 rings (SSSR count). The van der Waals surface area contributed by atoms with Crippen LogP contribution in [0.4, 0.5) is 4.79 Å². The molecule has 0 aliphatic rings. The minimum Gasteiger partial charge on any atom is -0.450 e. The van der Waals surface area contributed by atoms with Gasteiger partial charge in [0, 0.05) is 25.3 Å². The summed E-state index contributed by atoms with van der Waals surface area (Å²) < 4.78 is 10.5. The number of unbranched alkanes of at least 4 members (excludes halogenated alkanes) is 1. The Labute approximate surface area is 149 Å². The third kappa shape index (κ3) is 23.8. The SMILES string of the molecule is CC.CCC#CCNC(=O)OCCCCOCSSCCNC. The van der Waals surface area contributed by atoms with Crippen molar-refractivity contribution in [1.29, 1.82) is 0 Å². The van der Waals surface area contributed by atoms with Gasteiger partial charge in [-0.2, -0.15) is 0 Å². The van der Waals surface area contributed by atoms with Gasteiger partial charge >= 0.3 is 6.09 Å². The zero-order valence-electron chi connectivity index (χ0n) is 14.9. The number of hydrogen-bond donors (Lipinski definition) is 2. The minimum absolute atomic E-state index is 0.345. The van der Waals surface area contributed by atoms with Gasteiger partial charge in [0.2, 0.25) is 0 Å². The quantitative estimate of drug-likeness (QED) is 0.239. The topological polar surface area (TPSA) is 59.6 Å². The number of hydrogen-bond acceptors (Lipinski definition) is 6. The standard InChI is InChI=1S/C14H26N2O3S2.C2H6/c1-3-4-5-8-16-14(17)19-11-7-6-10-18-13-21-20-12-9-15-2;1-2/h15H,3,6-13H2,1-2H3,(H,16,17);1-2H3. The zero-order chi connectivity index (χ0) is 17.6. The van der Waals surface area contributed by atoms with Gasteiger partial charge < -0.3 is 20.1 Å². The molecule has 0 unspecified atom stereocenters. The summed E-state index contributed by atoms with van der Waals surface area (Å²) in [7, 11) is 5.47. The Balaban J connectivity index is 0. The van der Waals surface area contributed by atoms with Crippen LogP contribution in [0.5, 0.6) is 0 Å². The molecule has 0 bridgehead atoms. The van der Waals surface area contributed by atoms with Crippen molar-refractivity contribution in [3.8, 4) is 11.8 Å². The van der Waals surface area contributed by atoms with Crippen LogP contribution in [0.25, 0.3) is 0 Å². The van der Waals surface area contributed by atoms with E-state index in [1.807, 2.05) is 27.8 Å². The number of nitrogens with one attached hydrogen (secondary N) is 2. The van der Waals surface area contributed by atoms with Crippen molar-refractivity contribution < 1.29 is 14.3 Å². The molecule has 0 fully saturated rings. The van der Waals surface area contributed by atoms with Gasteiger partial charge in [0.25, 0.3) is 0 Å². The lowest BCUT2D eigenvalue weighted by atomic mass is 10.3. The van der Waals surface area contributed by atoms with E-state index >= 15 is 0 Å². The number of carbonyl (C=O) groups is 1. The van der Waals surface area contributed by atoms with Gasteiger partial charge in [-0.25, -0.2) is 4.79 Å². The lowest BCUT2D eigenvalue weighted by molar-refractivity contribution is 0.134. The maximum absolute atomic E-state index is 11.2. The summed E-state index contributed by atoms with van der Waals surface area (Å²) in [6, 6.07) is 0. The second-order valence-electron chi connectivity index (χ2n) is 3.97. The van der Waals surface area contributed by atoms with Crippen LogP contribution in [0.3, 0.4) is 0 Å². The second kappa shape index (κ2) is 23.7. The van der Waals surface area contributed by atoms with E-state index in [4.69, 9.17) is 9.47 Å². The summed E-state index contributed by atoms with van der Waals surface area (Å²) in [4.78, 5) is 11.2. The largest absolute Gasteiger partial charge is 0.450 e. The van der Waals surface area contributed by atoms with Crippen LogP contribution < -0.4 is 10.6 Å². The van der Waals surface area contributed by atoms with Crippen LogP contribution in [-0.4, -0.2) is 51.1 Å². The van der Waals surface area contributed by atoms with E-state index in [1.54, 1.807) is 21.6 Å². The Morgan fingerprint density at radius 3 is 2.57 bits per heavy atom. The summed E-state index contributed by atoms with van der Waals surface area (Å²) in [5, 5.41) is 5.67. The Morgan fingerprint density at radius 2 is 1.87 bits per heavy atom. The normalized spacial score (nSPS) is 9.22. The fourth-order valence-corrected chi connectivity index (χ4v) is 2.83. The second-order valence-corrected chi connectivity index (χ2v) is 6.50. The predicted octanol–water partition coefficient (Wildman–Crippen LogP) is 3.51. The number of ether oxygens (including phenoxy) is 2. The highest BCUT2D eigenvalue weighted by Crippen LogP contribution is 2.20. The molecule has 7 heteroatoms. The molecule has 0 aliphatic heterocycles. The highest BCUT2D eigenvalue weighted by molar-refractivity contribution is 8.76. The Kier molecular flexibility index (Phi) is 25.5. The molecule has 0 aromatic heterocycles. The highest BCUT2D eigenvalue weighted by atomic mass is 33.1. The molecule has 0 aliphatic carbocycles. The molecule has 136 valence electrons. The molecule has 0 aromatic rings. The molecule has 0 heterocycles. The van der Waals surface area contributed by atoms with Gasteiger partial charge in [0.15, 0.2) is 0 Å². The molecule has 5 nitrogen and oxygen atoms in total.